The first-order valence-corrected chi connectivity index (χ1v) is 13.9. The van der Waals surface area contributed by atoms with Gasteiger partial charge < -0.3 is 9.47 Å². The van der Waals surface area contributed by atoms with E-state index in [2.05, 4.69) is 99.5 Å². The number of benzene rings is 4. The van der Waals surface area contributed by atoms with Crippen molar-refractivity contribution in [1.82, 2.24) is 14.8 Å². The zero-order valence-electron chi connectivity index (χ0n) is 19.4. The van der Waals surface area contributed by atoms with Crippen LogP contribution in [-0.4, -0.2) is 14.8 Å². The molecule has 0 bridgehead atoms. The predicted molar refractivity (Wildman–Crippen MR) is 149 cm³/mol. The topological polar surface area (TPSA) is 34.0 Å². The summed E-state index contributed by atoms with van der Waals surface area (Å²) in [7, 11) is 0. The molecule has 6 rings (SSSR count). The average Bonchev–Trinajstić information content (AvgIpc) is 3.29. The van der Waals surface area contributed by atoms with Crippen LogP contribution in [-0.2, 0) is 18.8 Å². The smallest absolute Gasteiger partial charge is 0.191 e. The standard InChI is InChI=1S/C29H23ClN4S2/c30-23-16-14-22(15-17-23)20-35-29-32-31-28(34(29)18-21-8-2-1-3-9-21)19-33-24-10-4-6-12-26(24)36-27-13-7-5-11-25(27)33/h1-17H,18-20H2. The van der Waals surface area contributed by atoms with Gasteiger partial charge in [-0.15, -0.1) is 10.2 Å². The summed E-state index contributed by atoms with van der Waals surface area (Å²) < 4.78 is 2.25. The summed E-state index contributed by atoms with van der Waals surface area (Å²) in [6.45, 7) is 1.36. The molecule has 0 amide bonds. The van der Waals surface area contributed by atoms with Crippen molar-refractivity contribution in [2.24, 2.45) is 0 Å². The largest absolute Gasteiger partial charge is 0.332 e. The highest BCUT2D eigenvalue weighted by atomic mass is 35.5. The number of aromatic nitrogens is 3. The van der Waals surface area contributed by atoms with Gasteiger partial charge >= 0.3 is 0 Å². The summed E-state index contributed by atoms with van der Waals surface area (Å²) in [4.78, 5) is 4.87. The number of rotatable bonds is 7. The molecule has 0 radical (unpaired) electrons. The molecule has 0 aliphatic carbocycles. The van der Waals surface area contributed by atoms with Gasteiger partial charge in [-0.3, -0.25) is 0 Å². The summed E-state index contributed by atoms with van der Waals surface area (Å²) in [5.41, 5.74) is 4.83. The third kappa shape index (κ3) is 4.89. The summed E-state index contributed by atoms with van der Waals surface area (Å²) in [5.74, 6) is 1.74. The molecule has 0 N–H and O–H groups in total. The molecule has 0 saturated heterocycles. The second kappa shape index (κ2) is 10.4. The van der Waals surface area contributed by atoms with Crippen LogP contribution in [0.2, 0.25) is 5.02 Å². The van der Waals surface area contributed by atoms with E-state index in [1.54, 1.807) is 11.8 Å². The number of fused-ring (bicyclic) bond motifs is 2. The van der Waals surface area contributed by atoms with Gasteiger partial charge in [0.15, 0.2) is 11.0 Å². The van der Waals surface area contributed by atoms with Crippen molar-refractivity contribution < 1.29 is 0 Å². The normalized spacial score (nSPS) is 12.3. The second-order valence-corrected chi connectivity index (χ2v) is 11.0. The van der Waals surface area contributed by atoms with Crippen molar-refractivity contribution in [1.29, 1.82) is 0 Å². The maximum Gasteiger partial charge on any atom is 0.191 e. The highest BCUT2D eigenvalue weighted by molar-refractivity contribution is 7.99. The predicted octanol–water partition coefficient (Wildman–Crippen LogP) is 8.08. The Kier molecular flexibility index (Phi) is 6.73. The van der Waals surface area contributed by atoms with E-state index >= 15 is 0 Å². The molecular formula is C29H23ClN4S2. The van der Waals surface area contributed by atoms with Crippen LogP contribution < -0.4 is 4.90 Å². The number of halogens is 1. The molecule has 36 heavy (non-hydrogen) atoms. The van der Waals surface area contributed by atoms with Crippen molar-refractivity contribution in [2.45, 2.75) is 33.8 Å². The Morgan fingerprint density at radius 1 is 0.667 bits per heavy atom. The maximum absolute atomic E-state index is 6.07. The molecule has 0 saturated carbocycles. The summed E-state index contributed by atoms with van der Waals surface area (Å²) in [6, 6.07) is 35.6. The van der Waals surface area contributed by atoms with Crippen molar-refractivity contribution in [3.8, 4) is 0 Å². The molecule has 0 unspecified atom stereocenters. The Labute approximate surface area is 224 Å². The molecule has 4 nitrogen and oxygen atoms in total. The van der Waals surface area contributed by atoms with Crippen LogP contribution in [0.3, 0.4) is 0 Å². The van der Waals surface area contributed by atoms with E-state index < -0.39 is 0 Å². The molecule has 7 heteroatoms. The van der Waals surface area contributed by atoms with Crippen LogP contribution in [0.4, 0.5) is 11.4 Å². The van der Waals surface area contributed by atoms with Gasteiger partial charge in [0.1, 0.15) is 0 Å². The zero-order valence-corrected chi connectivity index (χ0v) is 21.8. The number of hydrogen-bond acceptors (Lipinski definition) is 5. The average molecular weight is 527 g/mol. The fourth-order valence-electron chi connectivity index (χ4n) is 4.29. The van der Waals surface area contributed by atoms with E-state index in [0.717, 1.165) is 28.3 Å². The van der Waals surface area contributed by atoms with Gasteiger partial charge in [0.05, 0.1) is 24.5 Å². The molecule has 0 atom stereocenters. The van der Waals surface area contributed by atoms with Crippen LogP contribution in [0.25, 0.3) is 0 Å². The van der Waals surface area contributed by atoms with Crippen LogP contribution >= 0.6 is 35.1 Å². The monoisotopic (exact) mass is 526 g/mol. The molecule has 1 aliphatic heterocycles. The first-order valence-electron chi connectivity index (χ1n) is 11.7. The Bertz CT molecular complexity index is 1440. The first-order chi connectivity index (χ1) is 17.7. The Morgan fingerprint density at radius 3 is 2.00 bits per heavy atom. The van der Waals surface area contributed by atoms with Crippen LogP contribution in [0, 0.1) is 0 Å². The van der Waals surface area contributed by atoms with E-state index in [4.69, 9.17) is 16.7 Å². The molecule has 1 aromatic heterocycles. The molecule has 178 valence electrons. The van der Waals surface area contributed by atoms with Gasteiger partial charge in [-0.05, 0) is 47.5 Å². The molecule has 5 aromatic rings. The molecule has 4 aromatic carbocycles. The minimum Gasteiger partial charge on any atom is -0.332 e. The summed E-state index contributed by atoms with van der Waals surface area (Å²) in [5, 5.41) is 11.0. The van der Waals surface area contributed by atoms with E-state index in [0.29, 0.717) is 6.54 Å². The van der Waals surface area contributed by atoms with Crippen molar-refractivity contribution in [2.75, 3.05) is 4.90 Å². The zero-order chi connectivity index (χ0) is 24.3. The first kappa shape index (κ1) is 23.2. The lowest BCUT2D eigenvalue weighted by Gasteiger charge is -2.32. The SMILES string of the molecule is Clc1ccc(CSc2nnc(CN3c4ccccc4Sc4ccccc43)n2Cc2ccccc2)cc1. The van der Waals surface area contributed by atoms with Gasteiger partial charge in [0.25, 0.3) is 0 Å². The lowest BCUT2D eigenvalue weighted by Crippen LogP contribution is -2.23. The minimum absolute atomic E-state index is 0.635. The Hall–Kier alpha value is -3.19. The lowest BCUT2D eigenvalue weighted by atomic mass is 10.2. The Balaban J connectivity index is 1.35. The van der Waals surface area contributed by atoms with E-state index in [-0.39, 0.29) is 0 Å². The van der Waals surface area contributed by atoms with Crippen molar-refractivity contribution in [3.63, 3.8) is 0 Å². The maximum atomic E-state index is 6.07. The third-order valence-electron chi connectivity index (χ3n) is 6.09. The van der Waals surface area contributed by atoms with E-state index in [1.807, 2.05) is 30.0 Å². The number of thioether (sulfide) groups is 1. The Morgan fingerprint density at radius 2 is 1.31 bits per heavy atom. The fourth-order valence-corrected chi connectivity index (χ4v) is 6.42. The van der Waals surface area contributed by atoms with Crippen LogP contribution in [0.1, 0.15) is 17.0 Å². The number of para-hydroxylation sites is 2. The molecule has 0 fully saturated rings. The highest BCUT2D eigenvalue weighted by Gasteiger charge is 2.25. The van der Waals surface area contributed by atoms with Gasteiger partial charge in [0, 0.05) is 20.6 Å². The van der Waals surface area contributed by atoms with Gasteiger partial charge in [-0.2, -0.15) is 0 Å². The van der Waals surface area contributed by atoms with Crippen molar-refractivity contribution in [3.05, 3.63) is 125 Å². The quantitative estimate of drug-likeness (QED) is 0.200. The number of hydrogen-bond donors (Lipinski definition) is 0. The van der Waals surface area contributed by atoms with Gasteiger partial charge in [-0.1, -0.05) is 102 Å². The molecule has 2 heterocycles. The van der Waals surface area contributed by atoms with Gasteiger partial charge in [0.2, 0.25) is 0 Å². The minimum atomic E-state index is 0.635. The van der Waals surface area contributed by atoms with Gasteiger partial charge in [-0.25, -0.2) is 0 Å². The van der Waals surface area contributed by atoms with E-state index in [9.17, 15) is 0 Å². The highest BCUT2D eigenvalue weighted by Crippen LogP contribution is 2.48. The molecular weight excluding hydrogens is 504 g/mol. The van der Waals surface area contributed by atoms with Crippen LogP contribution in [0.15, 0.2) is 118 Å². The number of anilines is 2. The van der Waals surface area contributed by atoms with Crippen LogP contribution in [0.5, 0.6) is 0 Å². The second-order valence-electron chi connectivity index (χ2n) is 8.51. The molecule has 0 spiro atoms. The fraction of sp³-hybridized carbons (Fsp3) is 0.103. The third-order valence-corrected chi connectivity index (χ3v) is 8.51. The summed E-state index contributed by atoms with van der Waals surface area (Å²) >= 11 is 9.59. The number of nitrogens with zero attached hydrogens (tertiary/aromatic N) is 4. The molecule has 1 aliphatic rings. The lowest BCUT2D eigenvalue weighted by molar-refractivity contribution is 0.661. The van der Waals surface area contributed by atoms with E-state index in [1.165, 1.54) is 32.3 Å². The summed E-state index contributed by atoms with van der Waals surface area (Å²) in [6.07, 6.45) is 0. The van der Waals surface area contributed by atoms with Crippen molar-refractivity contribution >= 4 is 46.5 Å².